The Bertz CT molecular complexity index is 127. The summed E-state index contributed by atoms with van der Waals surface area (Å²) in [6.07, 6.45) is 1.84. The van der Waals surface area contributed by atoms with Crippen molar-refractivity contribution < 1.29 is 9.84 Å². The van der Waals surface area contributed by atoms with Crippen LogP contribution in [0, 0.1) is 0 Å². The zero-order valence-electron chi connectivity index (χ0n) is 8.28. The molecule has 0 aromatic heterocycles. The monoisotopic (exact) mass is 188 g/mol. The van der Waals surface area contributed by atoms with Crippen LogP contribution in [0.1, 0.15) is 0 Å². The summed E-state index contributed by atoms with van der Waals surface area (Å²) in [6.45, 7) is 6.41. The summed E-state index contributed by atoms with van der Waals surface area (Å²) in [4.78, 5) is 2.05. The molecule has 0 amide bonds. The quantitative estimate of drug-likeness (QED) is 0.501. The average Bonchev–Trinajstić information content (AvgIpc) is 2.14. The second kappa shape index (κ2) is 8.19. The summed E-state index contributed by atoms with van der Waals surface area (Å²) in [5, 5.41) is 8.77. The number of nitrogens with two attached hydrogens (primary N) is 1. The molecule has 13 heavy (non-hydrogen) atoms. The van der Waals surface area contributed by atoms with Crippen LogP contribution in [0.2, 0.25) is 0 Å². The first kappa shape index (κ1) is 12.6. The van der Waals surface area contributed by atoms with E-state index in [2.05, 4.69) is 6.58 Å². The molecular formula is C9H20N2O2. The zero-order valence-corrected chi connectivity index (χ0v) is 8.28. The summed E-state index contributed by atoms with van der Waals surface area (Å²) in [6, 6.07) is 0. The molecular weight excluding hydrogens is 168 g/mol. The molecule has 0 fully saturated rings. The molecule has 0 saturated carbocycles. The molecule has 0 heterocycles. The molecule has 78 valence electrons. The first-order chi connectivity index (χ1) is 6.28. The summed E-state index contributed by atoms with van der Waals surface area (Å²) >= 11 is 0. The number of ether oxygens (including phenoxy) is 1. The van der Waals surface area contributed by atoms with E-state index in [1.54, 1.807) is 13.2 Å². The highest BCUT2D eigenvalue weighted by Gasteiger charge is 2.10. The smallest absolute Gasteiger partial charge is 0.0820 e. The van der Waals surface area contributed by atoms with Gasteiger partial charge < -0.3 is 15.6 Å². The van der Waals surface area contributed by atoms with Crippen LogP contribution in [-0.2, 0) is 4.74 Å². The number of aliphatic hydroxyl groups excluding tert-OH is 1. The standard InChI is InChI=1S/C9H20N2O2/c1-3-4-11(5-6-12)8-9(7-10)13-2/h3,9,12H,1,4-8,10H2,2H3. The van der Waals surface area contributed by atoms with Crippen molar-refractivity contribution in [1.82, 2.24) is 4.90 Å². The van der Waals surface area contributed by atoms with Crippen LogP contribution in [0.5, 0.6) is 0 Å². The first-order valence-corrected chi connectivity index (χ1v) is 4.45. The average molecular weight is 188 g/mol. The van der Waals surface area contributed by atoms with Crippen LogP contribution < -0.4 is 5.73 Å². The molecule has 0 aliphatic carbocycles. The second-order valence-electron chi connectivity index (χ2n) is 2.87. The number of aliphatic hydroxyl groups is 1. The highest BCUT2D eigenvalue weighted by atomic mass is 16.5. The Labute approximate surface area is 80.0 Å². The molecule has 0 aromatic rings. The zero-order chi connectivity index (χ0) is 10.1. The van der Waals surface area contributed by atoms with Crippen molar-refractivity contribution in [3.8, 4) is 0 Å². The number of hydrogen-bond acceptors (Lipinski definition) is 4. The Morgan fingerprint density at radius 2 is 2.38 bits per heavy atom. The van der Waals surface area contributed by atoms with E-state index < -0.39 is 0 Å². The fourth-order valence-electron chi connectivity index (χ4n) is 1.11. The van der Waals surface area contributed by atoms with Gasteiger partial charge in [0.2, 0.25) is 0 Å². The lowest BCUT2D eigenvalue weighted by atomic mass is 10.3. The largest absolute Gasteiger partial charge is 0.395 e. The van der Waals surface area contributed by atoms with Crippen molar-refractivity contribution in [2.75, 3.05) is 39.9 Å². The number of methoxy groups -OCH3 is 1. The second-order valence-corrected chi connectivity index (χ2v) is 2.87. The molecule has 0 aromatic carbocycles. The van der Waals surface area contributed by atoms with E-state index in [1.807, 2.05) is 4.90 Å². The van der Waals surface area contributed by atoms with Gasteiger partial charge in [-0.15, -0.1) is 6.58 Å². The van der Waals surface area contributed by atoms with Gasteiger partial charge in [0.05, 0.1) is 12.7 Å². The van der Waals surface area contributed by atoms with E-state index in [4.69, 9.17) is 15.6 Å². The Morgan fingerprint density at radius 3 is 2.77 bits per heavy atom. The lowest BCUT2D eigenvalue weighted by Gasteiger charge is -2.24. The minimum absolute atomic E-state index is 0.0338. The lowest BCUT2D eigenvalue weighted by molar-refractivity contribution is 0.0677. The van der Waals surface area contributed by atoms with Crippen LogP contribution in [0.15, 0.2) is 12.7 Å². The van der Waals surface area contributed by atoms with Crippen molar-refractivity contribution in [3.63, 3.8) is 0 Å². The molecule has 1 atom stereocenters. The van der Waals surface area contributed by atoms with E-state index in [0.29, 0.717) is 13.1 Å². The molecule has 0 bridgehead atoms. The molecule has 0 saturated heterocycles. The molecule has 3 N–H and O–H groups in total. The first-order valence-electron chi connectivity index (χ1n) is 4.45. The molecule has 0 aliphatic heterocycles. The number of nitrogens with zero attached hydrogens (tertiary/aromatic N) is 1. The highest BCUT2D eigenvalue weighted by Crippen LogP contribution is 1.94. The van der Waals surface area contributed by atoms with Crippen molar-refractivity contribution in [3.05, 3.63) is 12.7 Å². The minimum Gasteiger partial charge on any atom is -0.395 e. The Kier molecular flexibility index (Phi) is 7.93. The van der Waals surface area contributed by atoms with Crippen LogP contribution in [0.3, 0.4) is 0 Å². The molecule has 0 aliphatic rings. The lowest BCUT2D eigenvalue weighted by Crippen LogP contribution is -2.39. The van der Waals surface area contributed by atoms with E-state index >= 15 is 0 Å². The van der Waals surface area contributed by atoms with Gasteiger partial charge in [-0.05, 0) is 0 Å². The Morgan fingerprint density at radius 1 is 1.69 bits per heavy atom. The van der Waals surface area contributed by atoms with Gasteiger partial charge in [-0.1, -0.05) is 6.08 Å². The van der Waals surface area contributed by atoms with Gasteiger partial charge in [0.1, 0.15) is 0 Å². The highest BCUT2D eigenvalue weighted by molar-refractivity contribution is 4.75. The fourth-order valence-corrected chi connectivity index (χ4v) is 1.11. The van der Waals surface area contributed by atoms with E-state index in [-0.39, 0.29) is 12.7 Å². The predicted octanol–water partition coefficient (Wildman–Crippen LogP) is -0.560. The van der Waals surface area contributed by atoms with Crippen molar-refractivity contribution >= 4 is 0 Å². The predicted molar refractivity (Wildman–Crippen MR) is 53.6 cm³/mol. The van der Waals surface area contributed by atoms with Crippen LogP contribution >= 0.6 is 0 Å². The van der Waals surface area contributed by atoms with Crippen LogP contribution in [0.25, 0.3) is 0 Å². The van der Waals surface area contributed by atoms with Gasteiger partial charge in [-0.25, -0.2) is 0 Å². The third-order valence-electron chi connectivity index (χ3n) is 1.86. The maximum Gasteiger partial charge on any atom is 0.0820 e. The van der Waals surface area contributed by atoms with Crippen LogP contribution in [-0.4, -0.2) is 56.0 Å². The van der Waals surface area contributed by atoms with Gasteiger partial charge in [0.25, 0.3) is 0 Å². The molecule has 0 rings (SSSR count). The summed E-state index contributed by atoms with van der Waals surface area (Å²) in [5.74, 6) is 0. The molecule has 0 spiro atoms. The van der Waals surface area contributed by atoms with Crippen molar-refractivity contribution in [2.45, 2.75) is 6.10 Å². The van der Waals surface area contributed by atoms with Gasteiger partial charge in [0, 0.05) is 33.3 Å². The van der Waals surface area contributed by atoms with Crippen molar-refractivity contribution in [1.29, 1.82) is 0 Å². The number of rotatable bonds is 8. The normalized spacial score (nSPS) is 13.2. The van der Waals surface area contributed by atoms with Gasteiger partial charge in [-0.2, -0.15) is 0 Å². The molecule has 4 nitrogen and oxygen atoms in total. The topological polar surface area (TPSA) is 58.7 Å². The maximum atomic E-state index is 8.77. The van der Waals surface area contributed by atoms with Crippen molar-refractivity contribution in [2.24, 2.45) is 5.73 Å². The molecule has 4 heteroatoms. The SMILES string of the molecule is C=CCN(CCO)CC(CN)OC. The van der Waals surface area contributed by atoms with E-state index in [9.17, 15) is 0 Å². The van der Waals surface area contributed by atoms with Gasteiger partial charge in [-0.3, -0.25) is 4.90 Å². The third-order valence-corrected chi connectivity index (χ3v) is 1.86. The Hall–Kier alpha value is -0.420. The van der Waals surface area contributed by atoms with Gasteiger partial charge >= 0.3 is 0 Å². The summed E-state index contributed by atoms with van der Waals surface area (Å²) in [7, 11) is 1.64. The van der Waals surface area contributed by atoms with E-state index in [1.165, 1.54) is 0 Å². The van der Waals surface area contributed by atoms with E-state index in [0.717, 1.165) is 13.1 Å². The third kappa shape index (κ3) is 5.76. The van der Waals surface area contributed by atoms with Gasteiger partial charge in [0.15, 0.2) is 0 Å². The summed E-state index contributed by atoms with van der Waals surface area (Å²) in [5.41, 5.74) is 5.48. The number of hydrogen-bond donors (Lipinski definition) is 2. The summed E-state index contributed by atoms with van der Waals surface area (Å²) < 4.78 is 5.14. The molecule has 1 unspecified atom stereocenters. The Balaban J connectivity index is 3.82. The maximum absolute atomic E-state index is 8.77. The fraction of sp³-hybridized carbons (Fsp3) is 0.778. The molecule has 0 radical (unpaired) electrons. The van der Waals surface area contributed by atoms with Crippen LogP contribution in [0.4, 0.5) is 0 Å². The minimum atomic E-state index is 0.0338.